The van der Waals surface area contributed by atoms with E-state index in [0.29, 0.717) is 18.8 Å². The van der Waals surface area contributed by atoms with Crippen LogP contribution in [0.4, 0.5) is 10.5 Å². The first-order valence-electron chi connectivity index (χ1n) is 11.1. The number of nitrogens with one attached hydrogen (secondary N) is 1. The summed E-state index contributed by atoms with van der Waals surface area (Å²) in [6.45, 7) is 3.29. The molecule has 1 N–H and O–H groups in total. The molecule has 2 saturated heterocycles. The Morgan fingerprint density at radius 2 is 1.90 bits per heavy atom. The van der Waals surface area contributed by atoms with Crippen LogP contribution >= 0.6 is 0 Å². The summed E-state index contributed by atoms with van der Waals surface area (Å²) in [5.41, 5.74) is 3.59. The minimum atomic E-state index is 0.0334. The molecular formula is C24H27N3O3. The van der Waals surface area contributed by atoms with Gasteiger partial charge in [-0.2, -0.15) is 0 Å². The van der Waals surface area contributed by atoms with Crippen molar-refractivity contribution in [3.63, 3.8) is 0 Å². The van der Waals surface area contributed by atoms with Gasteiger partial charge in [-0.25, -0.2) is 4.79 Å². The number of urea groups is 1. The SMILES string of the molecule is O=C(Nc1ccccc1)N1CCCC2CN3CCc4cc5c(cc4C3CC21)OCO5. The molecule has 0 saturated carbocycles. The second-order valence-electron chi connectivity index (χ2n) is 8.86. The molecule has 4 aliphatic heterocycles. The van der Waals surface area contributed by atoms with Crippen molar-refractivity contribution in [3.05, 3.63) is 53.6 Å². The van der Waals surface area contributed by atoms with E-state index in [1.807, 2.05) is 30.3 Å². The van der Waals surface area contributed by atoms with E-state index in [1.165, 1.54) is 17.5 Å². The molecule has 2 amide bonds. The molecule has 2 fully saturated rings. The van der Waals surface area contributed by atoms with E-state index in [4.69, 9.17) is 9.47 Å². The van der Waals surface area contributed by atoms with E-state index in [-0.39, 0.29) is 12.1 Å². The van der Waals surface area contributed by atoms with E-state index in [0.717, 1.165) is 56.1 Å². The fourth-order valence-corrected chi connectivity index (χ4v) is 5.81. The molecule has 3 unspecified atom stereocenters. The lowest BCUT2D eigenvalue weighted by molar-refractivity contribution is 0.00821. The van der Waals surface area contributed by atoms with E-state index in [2.05, 4.69) is 27.2 Å². The monoisotopic (exact) mass is 405 g/mol. The second kappa shape index (κ2) is 7.20. The van der Waals surface area contributed by atoms with Crippen LogP contribution in [0.15, 0.2) is 42.5 Å². The van der Waals surface area contributed by atoms with Crippen LogP contribution in [0.1, 0.15) is 36.4 Å². The summed E-state index contributed by atoms with van der Waals surface area (Å²) >= 11 is 0. The highest BCUT2D eigenvalue weighted by Gasteiger charge is 2.44. The van der Waals surface area contributed by atoms with Crippen LogP contribution in [0, 0.1) is 5.92 Å². The number of carbonyl (C=O) groups is 1. The van der Waals surface area contributed by atoms with Gasteiger partial charge in [0.05, 0.1) is 0 Å². The van der Waals surface area contributed by atoms with E-state index < -0.39 is 0 Å². The normalized spacial score (nSPS) is 27.1. The molecule has 0 bridgehead atoms. The van der Waals surface area contributed by atoms with Crippen LogP contribution in [-0.4, -0.2) is 48.3 Å². The molecule has 4 aliphatic rings. The molecular weight excluding hydrogens is 378 g/mol. The molecule has 6 rings (SSSR count). The Kier molecular flexibility index (Phi) is 4.34. The van der Waals surface area contributed by atoms with Gasteiger partial charge in [-0.3, -0.25) is 4.90 Å². The first-order chi connectivity index (χ1) is 14.8. The Balaban J connectivity index is 1.27. The highest BCUT2D eigenvalue weighted by Crippen LogP contribution is 2.46. The summed E-state index contributed by atoms with van der Waals surface area (Å²) in [5.74, 6) is 2.28. The summed E-state index contributed by atoms with van der Waals surface area (Å²) < 4.78 is 11.3. The van der Waals surface area contributed by atoms with Gasteiger partial charge in [-0.1, -0.05) is 18.2 Å². The largest absolute Gasteiger partial charge is 0.454 e. The molecule has 0 radical (unpaired) electrons. The molecule has 0 aliphatic carbocycles. The lowest BCUT2D eigenvalue weighted by Gasteiger charge is -2.52. The summed E-state index contributed by atoms with van der Waals surface area (Å²) in [5, 5.41) is 3.11. The number of anilines is 1. The number of rotatable bonds is 1. The molecule has 156 valence electrons. The van der Waals surface area contributed by atoms with Gasteiger partial charge in [-0.15, -0.1) is 0 Å². The summed E-state index contributed by atoms with van der Waals surface area (Å²) in [4.78, 5) is 17.9. The first kappa shape index (κ1) is 18.1. The number of fused-ring (bicyclic) bond motifs is 5. The smallest absolute Gasteiger partial charge is 0.322 e. The van der Waals surface area contributed by atoms with Crippen molar-refractivity contribution >= 4 is 11.7 Å². The predicted molar refractivity (Wildman–Crippen MR) is 114 cm³/mol. The van der Waals surface area contributed by atoms with Crippen molar-refractivity contribution < 1.29 is 14.3 Å². The van der Waals surface area contributed by atoms with Gasteiger partial charge in [-0.05, 0) is 67.0 Å². The molecule has 2 aromatic rings. The van der Waals surface area contributed by atoms with Crippen LogP contribution in [0.5, 0.6) is 11.5 Å². The Labute approximate surface area is 176 Å². The summed E-state index contributed by atoms with van der Waals surface area (Å²) in [7, 11) is 0. The number of amides is 2. The minimum Gasteiger partial charge on any atom is -0.454 e. The van der Waals surface area contributed by atoms with Crippen molar-refractivity contribution in [2.45, 2.75) is 37.8 Å². The van der Waals surface area contributed by atoms with Gasteiger partial charge in [0.15, 0.2) is 11.5 Å². The van der Waals surface area contributed by atoms with Crippen molar-refractivity contribution in [1.82, 2.24) is 9.80 Å². The number of piperidine rings is 2. The zero-order valence-electron chi connectivity index (χ0n) is 17.0. The Hall–Kier alpha value is -2.73. The van der Waals surface area contributed by atoms with Gasteiger partial charge >= 0.3 is 6.03 Å². The van der Waals surface area contributed by atoms with Crippen molar-refractivity contribution in [3.8, 4) is 11.5 Å². The van der Waals surface area contributed by atoms with Crippen LogP contribution in [0.25, 0.3) is 0 Å². The Bertz CT molecular complexity index is 964. The lowest BCUT2D eigenvalue weighted by Crippen LogP contribution is -2.58. The zero-order valence-corrected chi connectivity index (χ0v) is 17.0. The predicted octanol–water partition coefficient (Wildman–Crippen LogP) is 4.03. The van der Waals surface area contributed by atoms with Crippen molar-refractivity contribution in [2.24, 2.45) is 5.92 Å². The van der Waals surface area contributed by atoms with Crippen LogP contribution in [0.3, 0.4) is 0 Å². The second-order valence-corrected chi connectivity index (χ2v) is 8.86. The number of para-hydroxylation sites is 1. The number of hydrogen-bond donors (Lipinski definition) is 1. The molecule has 6 nitrogen and oxygen atoms in total. The fraction of sp³-hybridized carbons (Fsp3) is 0.458. The molecule has 6 heteroatoms. The zero-order chi connectivity index (χ0) is 20.1. The molecule has 2 aromatic carbocycles. The summed E-state index contributed by atoms with van der Waals surface area (Å²) in [6.07, 6.45) is 4.33. The highest BCUT2D eigenvalue weighted by molar-refractivity contribution is 5.89. The van der Waals surface area contributed by atoms with E-state index in [9.17, 15) is 4.79 Å². The Morgan fingerprint density at radius 1 is 1.07 bits per heavy atom. The van der Waals surface area contributed by atoms with Gasteiger partial charge < -0.3 is 19.7 Å². The molecule has 3 atom stereocenters. The third-order valence-corrected chi connectivity index (χ3v) is 7.24. The van der Waals surface area contributed by atoms with Gasteiger partial charge in [0.25, 0.3) is 0 Å². The third-order valence-electron chi connectivity index (χ3n) is 7.24. The third kappa shape index (κ3) is 3.01. The molecule has 30 heavy (non-hydrogen) atoms. The number of likely N-dealkylation sites (tertiary alicyclic amines) is 1. The molecule has 0 aromatic heterocycles. The van der Waals surface area contributed by atoms with Gasteiger partial charge in [0.2, 0.25) is 6.79 Å². The number of nitrogens with zero attached hydrogens (tertiary/aromatic N) is 2. The lowest BCUT2D eigenvalue weighted by atomic mass is 9.76. The number of benzene rings is 2. The maximum absolute atomic E-state index is 13.1. The first-order valence-corrected chi connectivity index (χ1v) is 11.1. The maximum atomic E-state index is 13.1. The van der Waals surface area contributed by atoms with Crippen molar-refractivity contribution in [1.29, 1.82) is 0 Å². The Morgan fingerprint density at radius 3 is 2.77 bits per heavy atom. The fourth-order valence-electron chi connectivity index (χ4n) is 5.81. The van der Waals surface area contributed by atoms with Gasteiger partial charge in [0, 0.05) is 37.4 Å². The highest BCUT2D eigenvalue weighted by atomic mass is 16.7. The topological polar surface area (TPSA) is 54.0 Å². The van der Waals surface area contributed by atoms with Crippen LogP contribution in [-0.2, 0) is 6.42 Å². The quantitative estimate of drug-likeness (QED) is 0.778. The number of hydrogen-bond acceptors (Lipinski definition) is 4. The minimum absolute atomic E-state index is 0.0334. The van der Waals surface area contributed by atoms with Crippen LogP contribution < -0.4 is 14.8 Å². The average Bonchev–Trinajstić information content (AvgIpc) is 3.24. The van der Waals surface area contributed by atoms with Crippen molar-refractivity contribution in [2.75, 3.05) is 31.7 Å². The maximum Gasteiger partial charge on any atom is 0.322 e. The molecule has 4 heterocycles. The average molecular weight is 405 g/mol. The van der Waals surface area contributed by atoms with E-state index in [1.54, 1.807) is 0 Å². The summed E-state index contributed by atoms with van der Waals surface area (Å²) in [6, 6.07) is 14.8. The number of ether oxygens (including phenoxy) is 2. The standard InChI is InChI=1S/C24H27N3O3/c28-24(25-18-6-2-1-3-7-18)27-9-4-5-17-14-26-10-8-16-11-22-23(30-15-29-22)12-19(16)21(26)13-20(17)27/h1-3,6-7,11-12,17,20-21H,4-5,8-10,13-15H2,(H,25,28). The number of carbonyl (C=O) groups excluding carboxylic acids is 1. The van der Waals surface area contributed by atoms with Gasteiger partial charge in [0.1, 0.15) is 0 Å². The van der Waals surface area contributed by atoms with Crippen LogP contribution in [0.2, 0.25) is 0 Å². The molecule has 0 spiro atoms. The van der Waals surface area contributed by atoms with E-state index >= 15 is 0 Å².